The summed E-state index contributed by atoms with van der Waals surface area (Å²) in [5.41, 5.74) is 0.560. The maximum absolute atomic E-state index is 14.3. The summed E-state index contributed by atoms with van der Waals surface area (Å²) >= 11 is 1.24. The van der Waals surface area contributed by atoms with E-state index in [1.807, 2.05) is 13.8 Å². The number of sulfonamides is 1. The molecule has 0 aliphatic carbocycles. The van der Waals surface area contributed by atoms with Gasteiger partial charge in [0.25, 0.3) is 5.91 Å². The number of rotatable bonds is 10. The first-order valence-corrected chi connectivity index (χ1v) is 14.2. The summed E-state index contributed by atoms with van der Waals surface area (Å²) in [5.74, 6) is -0.768. The van der Waals surface area contributed by atoms with Crippen molar-refractivity contribution in [3.63, 3.8) is 0 Å². The van der Waals surface area contributed by atoms with Crippen LogP contribution in [-0.2, 0) is 14.8 Å². The number of aromatic nitrogens is 1. The predicted molar refractivity (Wildman–Crippen MR) is 136 cm³/mol. The molecule has 0 radical (unpaired) electrons. The zero-order chi connectivity index (χ0) is 25.0. The van der Waals surface area contributed by atoms with Crippen molar-refractivity contribution >= 4 is 42.6 Å². The van der Waals surface area contributed by atoms with Crippen LogP contribution >= 0.6 is 11.3 Å². The van der Waals surface area contributed by atoms with Gasteiger partial charge in [-0.05, 0) is 62.1 Å². The third-order valence-electron chi connectivity index (χ3n) is 5.93. The molecule has 7 nitrogen and oxygen atoms in total. The number of halogens is 1. The summed E-state index contributed by atoms with van der Waals surface area (Å²) in [5, 5.41) is 0.388. The number of nitrogens with zero attached hydrogens (tertiary/aromatic N) is 3. The zero-order valence-electron chi connectivity index (χ0n) is 19.9. The summed E-state index contributed by atoms with van der Waals surface area (Å²) in [6.45, 7) is 5.70. The van der Waals surface area contributed by atoms with Crippen LogP contribution in [0.25, 0.3) is 10.2 Å². The number of hydrogen-bond donors (Lipinski definition) is 0. The van der Waals surface area contributed by atoms with Crippen molar-refractivity contribution in [1.82, 2.24) is 9.29 Å². The number of carbonyl (C=O) groups excluding carboxylic acids is 1. The van der Waals surface area contributed by atoms with Gasteiger partial charge >= 0.3 is 0 Å². The Morgan fingerprint density at radius 3 is 2.46 bits per heavy atom. The molecule has 0 N–H and O–H groups in total. The molecule has 2 aromatic carbocycles. The van der Waals surface area contributed by atoms with E-state index in [9.17, 15) is 17.6 Å². The molecule has 188 valence electrons. The van der Waals surface area contributed by atoms with Crippen molar-refractivity contribution in [3.8, 4) is 0 Å². The van der Waals surface area contributed by atoms with Crippen molar-refractivity contribution in [2.45, 2.75) is 50.5 Å². The second-order valence-electron chi connectivity index (χ2n) is 8.56. The number of hydrogen-bond acceptors (Lipinski definition) is 6. The van der Waals surface area contributed by atoms with Crippen LogP contribution in [0.5, 0.6) is 0 Å². The predicted octanol–water partition coefficient (Wildman–Crippen LogP) is 5.07. The van der Waals surface area contributed by atoms with Crippen molar-refractivity contribution < 1.29 is 22.3 Å². The molecular weight excluding hydrogens is 489 g/mol. The molecule has 35 heavy (non-hydrogen) atoms. The van der Waals surface area contributed by atoms with Crippen LogP contribution in [0.4, 0.5) is 9.52 Å². The highest BCUT2D eigenvalue weighted by Crippen LogP contribution is 2.32. The van der Waals surface area contributed by atoms with E-state index in [1.54, 1.807) is 12.1 Å². The first-order valence-electron chi connectivity index (χ1n) is 11.9. The summed E-state index contributed by atoms with van der Waals surface area (Å²) in [4.78, 5) is 19.7. The highest BCUT2D eigenvalue weighted by atomic mass is 32.2. The van der Waals surface area contributed by atoms with Gasteiger partial charge in [-0.3, -0.25) is 9.69 Å². The van der Waals surface area contributed by atoms with E-state index in [4.69, 9.17) is 4.74 Å². The lowest BCUT2D eigenvalue weighted by Gasteiger charge is -2.23. The van der Waals surface area contributed by atoms with Crippen LogP contribution in [0.15, 0.2) is 47.4 Å². The molecule has 2 heterocycles. The Hall–Kier alpha value is -2.40. The van der Waals surface area contributed by atoms with Gasteiger partial charge in [0.05, 0.1) is 22.2 Å². The van der Waals surface area contributed by atoms with Gasteiger partial charge < -0.3 is 4.74 Å². The first kappa shape index (κ1) is 25.7. The fourth-order valence-corrected chi connectivity index (χ4v) is 6.80. The number of amides is 1. The van der Waals surface area contributed by atoms with Crippen LogP contribution in [0.2, 0.25) is 0 Å². The quantitative estimate of drug-likeness (QED) is 0.374. The molecule has 1 saturated heterocycles. The Bertz CT molecular complexity index is 1270. The Kier molecular flexibility index (Phi) is 8.16. The van der Waals surface area contributed by atoms with Gasteiger partial charge in [0.1, 0.15) is 11.3 Å². The number of para-hydroxylation sites is 1. The standard InChI is InChI=1S/C25H30FN3O4S2/c1-3-14-28(15-4-2)35(31,32)20-12-10-18(11-13-20)24(30)29(17-19-7-6-16-33-19)25-27-23-21(26)8-5-9-22(23)34-25/h5,8-13,19H,3-4,6-7,14-17H2,1-2H3. The molecule has 10 heteroatoms. The largest absolute Gasteiger partial charge is 0.376 e. The number of fused-ring (bicyclic) bond motifs is 1. The molecule has 1 atom stereocenters. The lowest BCUT2D eigenvalue weighted by molar-refractivity contribution is 0.0917. The molecule has 4 rings (SSSR count). The van der Waals surface area contributed by atoms with E-state index >= 15 is 0 Å². The smallest absolute Gasteiger partial charge is 0.260 e. The minimum Gasteiger partial charge on any atom is -0.376 e. The van der Waals surface area contributed by atoms with Gasteiger partial charge in [0.15, 0.2) is 5.13 Å². The van der Waals surface area contributed by atoms with E-state index in [0.717, 1.165) is 25.7 Å². The third-order valence-corrected chi connectivity index (χ3v) is 8.89. The van der Waals surface area contributed by atoms with Gasteiger partial charge in [0.2, 0.25) is 10.0 Å². The molecule has 0 saturated carbocycles. The van der Waals surface area contributed by atoms with Crippen LogP contribution in [0, 0.1) is 5.82 Å². The molecule has 3 aromatic rings. The average molecular weight is 520 g/mol. The summed E-state index contributed by atoms with van der Waals surface area (Å²) in [6, 6.07) is 10.7. The molecule has 1 aromatic heterocycles. The number of thiazole rings is 1. The Labute approximate surface area is 209 Å². The van der Waals surface area contributed by atoms with Crippen LogP contribution in [0.1, 0.15) is 49.9 Å². The van der Waals surface area contributed by atoms with E-state index in [-0.39, 0.29) is 22.4 Å². The molecule has 0 bridgehead atoms. The topological polar surface area (TPSA) is 79.8 Å². The van der Waals surface area contributed by atoms with E-state index < -0.39 is 15.8 Å². The maximum atomic E-state index is 14.3. The van der Waals surface area contributed by atoms with Gasteiger partial charge in [0, 0.05) is 25.3 Å². The minimum absolute atomic E-state index is 0.132. The van der Waals surface area contributed by atoms with Crippen molar-refractivity contribution in [1.29, 1.82) is 0 Å². The Morgan fingerprint density at radius 2 is 1.86 bits per heavy atom. The highest BCUT2D eigenvalue weighted by molar-refractivity contribution is 7.89. The van der Waals surface area contributed by atoms with Gasteiger partial charge in [-0.2, -0.15) is 4.31 Å². The van der Waals surface area contributed by atoms with Crippen LogP contribution in [-0.4, -0.2) is 56.0 Å². The molecule has 1 unspecified atom stereocenters. The van der Waals surface area contributed by atoms with Crippen molar-refractivity contribution in [3.05, 3.63) is 53.8 Å². The Balaban J connectivity index is 1.64. The minimum atomic E-state index is -3.64. The molecule has 0 spiro atoms. The maximum Gasteiger partial charge on any atom is 0.260 e. The van der Waals surface area contributed by atoms with Gasteiger partial charge in [-0.15, -0.1) is 0 Å². The van der Waals surface area contributed by atoms with Crippen molar-refractivity contribution in [2.75, 3.05) is 31.1 Å². The molecule has 1 amide bonds. The number of carbonyl (C=O) groups is 1. The van der Waals surface area contributed by atoms with Crippen LogP contribution < -0.4 is 4.90 Å². The highest BCUT2D eigenvalue weighted by Gasteiger charge is 2.28. The second-order valence-corrected chi connectivity index (χ2v) is 11.5. The lowest BCUT2D eigenvalue weighted by Crippen LogP contribution is -2.37. The first-order chi connectivity index (χ1) is 16.8. The van der Waals surface area contributed by atoms with Gasteiger partial charge in [-0.1, -0.05) is 31.3 Å². The van der Waals surface area contributed by atoms with E-state index in [0.29, 0.717) is 41.6 Å². The molecule has 1 aliphatic rings. The second kappa shape index (κ2) is 11.1. The summed E-state index contributed by atoms with van der Waals surface area (Å²) in [6.07, 6.45) is 3.05. The molecule has 1 fully saturated rings. The van der Waals surface area contributed by atoms with E-state index in [2.05, 4.69) is 4.98 Å². The normalized spacial score (nSPS) is 16.3. The lowest BCUT2D eigenvalue weighted by atomic mass is 10.2. The van der Waals surface area contributed by atoms with Crippen molar-refractivity contribution in [2.24, 2.45) is 0 Å². The number of ether oxygens (including phenoxy) is 1. The fourth-order valence-electron chi connectivity index (χ4n) is 4.18. The average Bonchev–Trinajstić information content (AvgIpc) is 3.52. The SMILES string of the molecule is CCCN(CCC)S(=O)(=O)c1ccc(C(=O)N(CC2CCCO2)c2nc3c(F)cccc3s2)cc1. The Morgan fingerprint density at radius 1 is 1.14 bits per heavy atom. The number of benzene rings is 2. The summed E-state index contributed by atoms with van der Waals surface area (Å²) < 4.78 is 48.3. The van der Waals surface area contributed by atoms with E-state index in [1.165, 1.54) is 50.9 Å². The van der Waals surface area contributed by atoms with Crippen LogP contribution in [0.3, 0.4) is 0 Å². The molecular formula is C25H30FN3O4S2. The molecule has 1 aliphatic heterocycles. The zero-order valence-corrected chi connectivity index (χ0v) is 21.6. The third kappa shape index (κ3) is 5.55. The summed E-state index contributed by atoms with van der Waals surface area (Å²) in [7, 11) is -3.64. The fraction of sp³-hybridized carbons (Fsp3) is 0.440. The monoisotopic (exact) mass is 519 g/mol. The van der Waals surface area contributed by atoms with Gasteiger partial charge in [-0.25, -0.2) is 17.8 Å². The number of anilines is 1.